The van der Waals surface area contributed by atoms with Crippen LogP contribution < -0.4 is 10.9 Å². The summed E-state index contributed by atoms with van der Waals surface area (Å²) in [4.78, 5) is 39.2. The maximum absolute atomic E-state index is 12.5. The molecule has 0 spiro atoms. The fraction of sp³-hybridized carbons (Fsp3) is 0.0588. The molecule has 0 fully saturated rings. The van der Waals surface area contributed by atoms with Crippen molar-refractivity contribution in [2.24, 2.45) is 7.05 Å². The van der Waals surface area contributed by atoms with Crippen LogP contribution in [0.1, 0.15) is 15.9 Å². The van der Waals surface area contributed by atoms with E-state index in [1.807, 2.05) is 0 Å². The number of non-ortho nitro benzene ring substituents is 1. The molecule has 9 heteroatoms. The molecule has 1 amide bonds. The first-order chi connectivity index (χ1) is 12.4. The Kier molecular flexibility index (Phi) is 4.16. The highest BCUT2D eigenvalue weighted by Gasteiger charge is 2.17. The van der Waals surface area contributed by atoms with E-state index in [9.17, 15) is 19.7 Å². The smallest absolute Gasteiger partial charge is 0.270 e. The lowest BCUT2D eigenvalue weighted by molar-refractivity contribution is -0.384. The van der Waals surface area contributed by atoms with Crippen LogP contribution in [0.15, 0.2) is 47.4 Å². The van der Waals surface area contributed by atoms with E-state index >= 15 is 0 Å². The minimum atomic E-state index is -0.721. The molecule has 0 aliphatic rings. The first-order valence-electron chi connectivity index (χ1n) is 7.37. The molecule has 0 unspecified atom stereocenters. The van der Waals surface area contributed by atoms with E-state index in [0.29, 0.717) is 11.0 Å². The van der Waals surface area contributed by atoms with Crippen molar-refractivity contribution < 1.29 is 9.72 Å². The first kappa shape index (κ1) is 16.8. The summed E-state index contributed by atoms with van der Waals surface area (Å²) in [5, 5.41) is 23.0. The number of pyridine rings is 2. The monoisotopic (exact) mass is 349 g/mol. The molecule has 0 saturated carbocycles. The number of hydrogen-bond acceptors (Lipinski definition) is 6. The number of nitrogens with one attached hydrogen (secondary N) is 1. The fourth-order valence-electron chi connectivity index (χ4n) is 2.50. The molecular formula is C17H11N5O4. The number of rotatable bonds is 3. The largest absolute Gasteiger partial charge is 0.321 e. The predicted octanol–water partition coefficient (Wildman–Crippen LogP) is 1.97. The summed E-state index contributed by atoms with van der Waals surface area (Å²) in [6.07, 6.45) is 1.54. The van der Waals surface area contributed by atoms with Gasteiger partial charge in [-0.1, -0.05) is 0 Å². The number of nitro groups is 1. The van der Waals surface area contributed by atoms with Gasteiger partial charge in [0.25, 0.3) is 17.2 Å². The standard InChI is InChI=1S/C17H11N5O4/c1-21-15-10(3-2-6-19-15)8-13(17(21)24)16(23)20-14-5-4-12(22(25)26)7-11(14)9-18/h2-8H,1H3,(H,20,23). The summed E-state index contributed by atoms with van der Waals surface area (Å²) in [6.45, 7) is 0. The van der Waals surface area contributed by atoms with Crippen LogP contribution in [0.25, 0.3) is 11.0 Å². The summed E-state index contributed by atoms with van der Waals surface area (Å²) >= 11 is 0. The Labute approximate surface area is 146 Å². The molecule has 0 saturated heterocycles. The quantitative estimate of drug-likeness (QED) is 0.568. The molecule has 0 atom stereocenters. The Morgan fingerprint density at radius 2 is 2.12 bits per heavy atom. The average molecular weight is 349 g/mol. The third-order valence-corrected chi connectivity index (χ3v) is 3.80. The minimum absolute atomic E-state index is 0.0770. The van der Waals surface area contributed by atoms with Crippen LogP contribution in [0.2, 0.25) is 0 Å². The molecule has 3 aromatic rings. The van der Waals surface area contributed by atoms with Gasteiger partial charge in [-0.05, 0) is 24.3 Å². The van der Waals surface area contributed by atoms with E-state index in [1.165, 1.54) is 36.0 Å². The number of amides is 1. The zero-order valence-electron chi connectivity index (χ0n) is 13.5. The number of benzene rings is 1. The van der Waals surface area contributed by atoms with Crippen molar-refractivity contribution in [3.05, 3.63) is 74.2 Å². The SMILES string of the molecule is Cn1c(=O)c(C(=O)Nc2ccc([N+](=O)[O-])cc2C#N)cc2cccnc21. The second-order valence-corrected chi connectivity index (χ2v) is 5.39. The second kappa shape index (κ2) is 6.45. The number of aromatic nitrogens is 2. The van der Waals surface area contributed by atoms with Crippen molar-refractivity contribution in [3.63, 3.8) is 0 Å². The highest BCUT2D eigenvalue weighted by Crippen LogP contribution is 2.22. The van der Waals surface area contributed by atoms with Crippen molar-refractivity contribution >= 4 is 28.3 Å². The number of nitrogens with zero attached hydrogens (tertiary/aromatic N) is 4. The summed E-state index contributed by atoms with van der Waals surface area (Å²) in [6, 6.07) is 10.1. The summed E-state index contributed by atoms with van der Waals surface area (Å²) in [5.74, 6) is -0.721. The van der Waals surface area contributed by atoms with Gasteiger partial charge in [-0.2, -0.15) is 5.26 Å². The Hall–Kier alpha value is -4.06. The van der Waals surface area contributed by atoms with Crippen LogP contribution in [-0.2, 0) is 7.05 Å². The van der Waals surface area contributed by atoms with Crippen LogP contribution in [0.5, 0.6) is 0 Å². The highest BCUT2D eigenvalue weighted by molar-refractivity contribution is 6.06. The molecule has 0 aliphatic heterocycles. The van der Waals surface area contributed by atoms with Crippen molar-refractivity contribution in [2.75, 3.05) is 5.32 Å². The van der Waals surface area contributed by atoms with Crippen LogP contribution in [-0.4, -0.2) is 20.4 Å². The lowest BCUT2D eigenvalue weighted by Gasteiger charge is -2.09. The number of carbonyl (C=O) groups is 1. The van der Waals surface area contributed by atoms with Gasteiger partial charge in [0.15, 0.2) is 0 Å². The zero-order chi connectivity index (χ0) is 18.8. The van der Waals surface area contributed by atoms with Gasteiger partial charge in [-0.3, -0.25) is 24.3 Å². The number of aryl methyl sites for hydroxylation is 1. The van der Waals surface area contributed by atoms with Gasteiger partial charge in [-0.25, -0.2) is 4.98 Å². The molecular weight excluding hydrogens is 338 g/mol. The van der Waals surface area contributed by atoms with Gasteiger partial charge >= 0.3 is 0 Å². The van der Waals surface area contributed by atoms with Gasteiger partial charge < -0.3 is 5.32 Å². The van der Waals surface area contributed by atoms with Crippen LogP contribution >= 0.6 is 0 Å². The Morgan fingerprint density at radius 3 is 2.81 bits per heavy atom. The molecule has 0 aliphatic carbocycles. The third-order valence-electron chi connectivity index (χ3n) is 3.80. The van der Waals surface area contributed by atoms with E-state index in [0.717, 1.165) is 6.07 Å². The number of fused-ring (bicyclic) bond motifs is 1. The lowest BCUT2D eigenvalue weighted by Crippen LogP contribution is -2.28. The fourth-order valence-corrected chi connectivity index (χ4v) is 2.50. The highest BCUT2D eigenvalue weighted by atomic mass is 16.6. The molecule has 0 bridgehead atoms. The summed E-state index contributed by atoms with van der Waals surface area (Å²) in [5.41, 5.74) is -0.512. The maximum atomic E-state index is 12.5. The van der Waals surface area contributed by atoms with Gasteiger partial charge in [-0.15, -0.1) is 0 Å². The van der Waals surface area contributed by atoms with Gasteiger partial charge in [0, 0.05) is 30.8 Å². The summed E-state index contributed by atoms with van der Waals surface area (Å²) in [7, 11) is 1.50. The Morgan fingerprint density at radius 1 is 1.35 bits per heavy atom. The second-order valence-electron chi connectivity index (χ2n) is 5.39. The van der Waals surface area contributed by atoms with Gasteiger partial charge in [0.05, 0.1) is 16.2 Å². The van der Waals surface area contributed by atoms with Gasteiger partial charge in [0.2, 0.25) is 0 Å². The number of hydrogen-bond donors (Lipinski definition) is 1. The molecule has 9 nitrogen and oxygen atoms in total. The topological polar surface area (TPSA) is 131 Å². The van der Waals surface area contributed by atoms with E-state index in [2.05, 4.69) is 10.3 Å². The van der Waals surface area contributed by atoms with E-state index in [4.69, 9.17) is 5.26 Å². The van der Waals surface area contributed by atoms with E-state index in [1.54, 1.807) is 18.2 Å². The number of carbonyl (C=O) groups excluding carboxylic acids is 1. The lowest BCUT2D eigenvalue weighted by atomic mass is 10.1. The minimum Gasteiger partial charge on any atom is -0.321 e. The Balaban J connectivity index is 2.03. The third kappa shape index (κ3) is 2.87. The maximum Gasteiger partial charge on any atom is 0.270 e. The van der Waals surface area contributed by atoms with Crippen molar-refractivity contribution in [2.45, 2.75) is 0 Å². The van der Waals surface area contributed by atoms with Crippen molar-refractivity contribution in [1.29, 1.82) is 5.26 Å². The zero-order valence-corrected chi connectivity index (χ0v) is 13.5. The van der Waals surface area contributed by atoms with Gasteiger partial charge in [0.1, 0.15) is 17.3 Å². The van der Waals surface area contributed by atoms with Crippen LogP contribution in [0.4, 0.5) is 11.4 Å². The van der Waals surface area contributed by atoms with Crippen molar-refractivity contribution in [1.82, 2.24) is 9.55 Å². The molecule has 2 heterocycles. The molecule has 1 aromatic carbocycles. The molecule has 2 aromatic heterocycles. The predicted molar refractivity (Wildman–Crippen MR) is 92.7 cm³/mol. The molecule has 3 rings (SSSR count). The number of nitriles is 1. The molecule has 26 heavy (non-hydrogen) atoms. The average Bonchev–Trinajstić information content (AvgIpc) is 2.64. The first-order valence-corrected chi connectivity index (χ1v) is 7.37. The molecule has 128 valence electrons. The van der Waals surface area contributed by atoms with Crippen molar-refractivity contribution in [3.8, 4) is 6.07 Å². The Bertz CT molecular complexity index is 1160. The number of nitro benzene ring substituents is 1. The van der Waals surface area contributed by atoms with Crippen LogP contribution in [0.3, 0.4) is 0 Å². The van der Waals surface area contributed by atoms with E-state index < -0.39 is 16.4 Å². The molecule has 1 N–H and O–H groups in total. The number of anilines is 1. The normalized spacial score (nSPS) is 10.3. The molecule has 0 radical (unpaired) electrons. The van der Waals surface area contributed by atoms with Crippen LogP contribution in [0, 0.1) is 21.4 Å². The van der Waals surface area contributed by atoms with E-state index in [-0.39, 0.29) is 22.5 Å². The summed E-state index contributed by atoms with van der Waals surface area (Å²) < 4.78 is 1.26.